The predicted molar refractivity (Wildman–Crippen MR) is 95.6 cm³/mol. The number of nitrogens with zero attached hydrogens (tertiary/aromatic N) is 3. The van der Waals surface area contributed by atoms with Crippen LogP contribution in [0.4, 0.5) is 0 Å². The molecule has 132 valence electrons. The highest BCUT2D eigenvalue weighted by atomic mass is 16.1. The first-order valence-electron chi connectivity index (χ1n) is 9.23. The highest BCUT2D eigenvalue weighted by molar-refractivity contribution is 5.78. The van der Waals surface area contributed by atoms with Gasteiger partial charge in [0.2, 0.25) is 5.91 Å². The molecule has 0 unspecified atom stereocenters. The summed E-state index contributed by atoms with van der Waals surface area (Å²) in [6.07, 6.45) is 6.44. The summed E-state index contributed by atoms with van der Waals surface area (Å²) in [5.41, 5.74) is 2.12. The standard InChI is InChI=1S/C19H30N4O/c1-15-12-16(5-8-20-15)13-21-19(24)17-4-3-9-23(14-17)18-6-10-22(2)11-7-18/h5,8,12,17-18H,3-4,6-7,9-11,13-14H2,1-2H3,(H,21,24)/t17-/m1/s1. The topological polar surface area (TPSA) is 48.5 Å². The molecule has 0 aliphatic carbocycles. The van der Waals surface area contributed by atoms with Gasteiger partial charge in [0.25, 0.3) is 0 Å². The van der Waals surface area contributed by atoms with Gasteiger partial charge >= 0.3 is 0 Å². The Balaban J connectivity index is 1.49. The zero-order valence-corrected chi connectivity index (χ0v) is 15.0. The lowest BCUT2D eigenvalue weighted by atomic mass is 9.93. The summed E-state index contributed by atoms with van der Waals surface area (Å²) in [5, 5.41) is 3.12. The Hall–Kier alpha value is -1.46. The van der Waals surface area contributed by atoms with E-state index >= 15 is 0 Å². The van der Waals surface area contributed by atoms with Crippen molar-refractivity contribution in [1.82, 2.24) is 20.1 Å². The summed E-state index contributed by atoms with van der Waals surface area (Å²) in [7, 11) is 2.20. The number of rotatable bonds is 4. The molecule has 1 amide bonds. The van der Waals surface area contributed by atoms with Gasteiger partial charge in [-0.2, -0.15) is 0 Å². The van der Waals surface area contributed by atoms with E-state index in [4.69, 9.17) is 0 Å². The summed E-state index contributed by atoms with van der Waals surface area (Å²) in [4.78, 5) is 21.7. The third-order valence-electron chi connectivity index (χ3n) is 5.46. The molecule has 0 aromatic carbocycles. The van der Waals surface area contributed by atoms with Crippen molar-refractivity contribution in [2.45, 2.75) is 45.2 Å². The molecule has 2 saturated heterocycles. The van der Waals surface area contributed by atoms with E-state index in [0.717, 1.165) is 37.2 Å². The predicted octanol–water partition coefficient (Wildman–Crippen LogP) is 1.81. The Morgan fingerprint density at radius 1 is 1.29 bits per heavy atom. The molecule has 1 aromatic rings. The minimum absolute atomic E-state index is 0.140. The van der Waals surface area contributed by atoms with Crippen molar-refractivity contribution in [1.29, 1.82) is 0 Å². The number of carbonyl (C=O) groups excluding carboxylic acids is 1. The average molecular weight is 330 g/mol. The van der Waals surface area contributed by atoms with Crippen molar-refractivity contribution < 1.29 is 4.79 Å². The number of nitrogens with one attached hydrogen (secondary N) is 1. The molecule has 24 heavy (non-hydrogen) atoms. The van der Waals surface area contributed by atoms with Crippen LogP contribution in [0.2, 0.25) is 0 Å². The maximum atomic E-state index is 12.6. The second-order valence-corrected chi connectivity index (χ2v) is 7.39. The minimum atomic E-state index is 0.140. The second-order valence-electron chi connectivity index (χ2n) is 7.39. The quantitative estimate of drug-likeness (QED) is 0.915. The van der Waals surface area contributed by atoms with Crippen LogP contribution >= 0.6 is 0 Å². The van der Waals surface area contributed by atoms with Crippen molar-refractivity contribution in [3.63, 3.8) is 0 Å². The Kier molecular flexibility index (Phi) is 5.85. The summed E-state index contributed by atoms with van der Waals surface area (Å²) in [5.74, 6) is 0.350. The summed E-state index contributed by atoms with van der Waals surface area (Å²) in [6.45, 7) is 7.02. The molecule has 0 saturated carbocycles. The van der Waals surface area contributed by atoms with Crippen molar-refractivity contribution in [3.05, 3.63) is 29.6 Å². The molecular weight excluding hydrogens is 300 g/mol. The van der Waals surface area contributed by atoms with Crippen LogP contribution in [-0.2, 0) is 11.3 Å². The van der Waals surface area contributed by atoms with Gasteiger partial charge in [0, 0.05) is 31.0 Å². The first-order chi connectivity index (χ1) is 11.6. The van der Waals surface area contributed by atoms with E-state index in [1.807, 2.05) is 19.1 Å². The first kappa shape index (κ1) is 17.4. The number of hydrogen-bond donors (Lipinski definition) is 1. The molecule has 2 aliphatic heterocycles. The van der Waals surface area contributed by atoms with Crippen molar-refractivity contribution in [2.24, 2.45) is 5.92 Å². The lowest BCUT2D eigenvalue weighted by Crippen LogP contribution is -2.50. The van der Waals surface area contributed by atoms with Crippen molar-refractivity contribution in [2.75, 3.05) is 33.2 Å². The number of amides is 1. The molecule has 1 atom stereocenters. The third-order valence-corrected chi connectivity index (χ3v) is 5.46. The van der Waals surface area contributed by atoms with E-state index in [-0.39, 0.29) is 11.8 Å². The van der Waals surface area contributed by atoms with Gasteiger partial charge in [-0.1, -0.05) is 0 Å². The van der Waals surface area contributed by atoms with Crippen molar-refractivity contribution >= 4 is 5.91 Å². The summed E-state index contributed by atoms with van der Waals surface area (Å²) < 4.78 is 0. The summed E-state index contributed by atoms with van der Waals surface area (Å²) >= 11 is 0. The lowest BCUT2D eigenvalue weighted by molar-refractivity contribution is -0.127. The fourth-order valence-corrected chi connectivity index (χ4v) is 3.96. The number of aromatic nitrogens is 1. The Labute approximate surface area is 145 Å². The van der Waals surface area contributed by atoms with Crippen LogP contribution in [0.15, 0.2) is 18.3 Å². The molecule has 2 aliphatic rings. The summed E-state index contributed by atoms with van der Waals surface area (Å²) in [6, 6.07) is 4.67. The fraction of sp³-hybridized carbons (Fsp3) is 0.684. The zero-order chi connectivity index (χ0) is 16.9. The van der Waals surface area contributed by atoms with Crippen LogP contribution in [0, 0.1) is 12.8 Å². The maximum absolute atomic E-state index is 12.6. The fourth-order valence-electron chi connectivity index (χ4n) is 3.96. The zero-order valence-electron chi connectivity index (χ0n) is 15.0. The smallest absolute Gasteiger partial charge is 0.224 e. The molecule has 3 heterocycles. The maximum Gasteiger partial charge on any atom is 0.224 e. The Morgan fingerprint density at radius 3 is 2.83 bits per heavy atom. The van der Waals surface area contributed by atoms with Gasteiger partial charge in [-0.25, -0.2) is 0 Å². The Morgan fingerprint density at radius 2 is 2.08 bits per heavy atom. The molecule has 2 fully saturated rings. The first-order valence-corrected chi connectivity index (χ1v) is 9.23. The van der Waals surface area contributed by atoms with Gasteiger partial charge in [0.1, 0.15) is 0 Å². The van der Waals surface area contributed by atoms with Crippen LogP contribution in [0.5, 0.6) is 0 Å². The third kappa shape index (κ3) is 4.54. The van der Waals surface area contributed by atoms with Crippen LogP contribution in [0.25, 0.3) is 0 Å². The van der Waals surface area contributed by atoms with Gasteiger partial charge in [-0.05, 0) is 77.0 Å². The highest BCUT2D eigenvalue weighted by Gasteiger charge is 2.30. The number of pyridine rings is 1. The van der Waals surface area contributed by atoms with Gasteiger partial charge in [-0.3, -0.25) is 14.7 Å². The van der Waals surface area contributed by atoms with Crippen LogP contribution < -0.4 is 5.32 Å². The average Bonchev–Trinajstić information content (AvgIpc) is 2.60. The van der Waals surface area contributed by atoms with E-state index in [1.165, 1.54) is 25.9 Å². The molecule has 1 aromatic heterocycles. The van der Waals surface area contributed by atoms with Crippen molar-refractivity contribution in [3.8, 4) is 0 Å². The van der Waals surface area contributed by atoms with E-state index in [9.17, 15) is 4.79 Å². The van der Waals surface area contributed by atoms with E-state index in [1.54, 1.807) is 6.20 Å². The van der Waals surface area contributed by atoms with Gasteiger partial charge < -0.3 is 10.2 Å². The van der Waals surface area contributed by atoms with Gasteiger partial charge in [0.05, 0.1) is 5.92 Å². The Bertz CT molecular complexity index is 554. The van der Waals surface area contributed by atoms with Crippen LogP contribution in [0.3, 0.4) is 0 Å². The number of piperidine rings is 2. The molecule has 1 N–H and O–H groups in total. The molecule has 0 bridgehead atoms. The molecule has 0 radical (unpaired) electrons. The van der Waals surface area contributed by atoms with Gasteiger partial charge in [-0.15, -0.1) is 0 Å². The minimum Gasteiger partial charge on any atom is -0.352 e. The number of aryl methyl sites for hydroxylation is 1. The van der Waals surface area contributed by atoms with Crippen LogP contribution in [0.1, 0.15) is 36.9 Å². The second kappa shape index (κ2) is 8.08. The molecular formula is C19H30N4O. The largest absolute Gasteiger partial charge is 0.352 e. The number of hydrogen-bond acceptors (Lipinski definition) is 4. The number of carbonyl (C=O) groups is 1. The van der Waals surface area contributed by atoms with E-state index in [0.29, 0.717) is 12.6 Å². The SMILES string of the molecule is Cc1cc(CNC(=O)[C@@H]2CCCN(C3CCN(C)CC3)C2)ccn1. The lowest BCUT2D eigenvalue weighted by Gasteiger charge is -2.41. The van der Waals surface area contributed by atoms with Gasteiger partial charge in [0.15, 0.2) is 0 Å². The molecule has 5 nitrogen and oxygen atoms in total. The number of likely N-dealkylation sites (tertiary alicyclic amines) is 2. The monoisotopic (exact) mass is 330 g/mol. The normalized spacial score (nSPS) is 24.0. The molecule has 0 spiro atoms. The highest BCUT2D eigenvalue weighted by Crippen LogP contribution is 2.23. The van der Waals surface area contributed by atoms with E-state index < -0.39 is 0 Å². The molecule has 5 heteroatoms. The van der Waals surface area contributed by atoms with E-state index in [2.05, 4.69) is 27.1 Å². The molecule has 3 rings (SSSR count). The van der Waals surface area contributed by atoms with Crippen LogP contribution in [-0.4, -0.2) is 60.0 Å².